The van der Waals surface area contributed by atoms with Gasteiger partial charge in [-0.25, -0.2) is 4.79 Å². The van der Waals surface area contributed by atoms with Crippen molar-refractivity contribution in [2.45, 2.75) is 58.9 Å². The Labute approximate surface area is 401 Å². The molecule has 0 saturated heterocycles. The van der Waals surface area contributed by atoms with E-state index in [4.69, 9.17) is 21.3 Å². The molecule has 1 aromatic heterocycles. The first-order valence-corrected chi connectivity index (χ1v) is 23.3. The van der Waals surface area contributed by atoms with E-state index < -0.39 is 18.0 Å². The van der Waals surface area contributed by atoms with E-state index in [1.54, 1.807) is 19.2 Å². The number of aromatic nitrogens is 3. The van der Waals surface area contributed by atoms with E-state index in [1.165, 1.54) is 33.4 Å². The highest BCUT2D eigenvalue weighted by Gasteiger charge is 2.34. The molecule has 3 atom stereocenters. The quantitative estimate of drug-likeness (QED) is 0.0652. The zero-order valence-electron chi connectivity index (χ0n) is 38.9. The van der Waals surface area contributed by atoms with E-state index in [0.717, 1.165) is 34.4 Å². The predicted octanol–water partition coefficient (Wildman–Crippen LogP) is 7.16. The summed E-state index contributed by atoms with van der Waals surface area (Å²) in [5, 5.41) is 23.1. The highest BCUT2D eigenvalue weighted by Crippen LogP contribution is 2.48. The summed E-state index contributed by atoms with van der Waals surface area (Å²) < 4.78 is 7.45. The van der Waals surface area contributed by atoms with Gasteiger partial charge in [0, 0.05) is 60.6 Å². The summed E-state index contributed by atoms with van der Waals surface area (Å²) in [5.74, 6) is 0.897. The minimum absolute atomic E-state index is 0.0343. The van der Waals surface area contributed by atoms with Gasteiger partial charge in [-0.2, -0.15) is 0 Å². The predicted molar refractivity (Wildman–Crippen MR) is 264 cm³/mol. The van der Waals surface area contributed by atoms with Gasteiger partial charge in [0.2, 0.25) is 17.7 Å². The minimum Gasteiger partial charge on any atom is -0.497 e. The van der Waals surface area contributed by atoms with Gasteiger partial charge in [0.1, 0.15) is 17.6 Å². The third kappa shape index (κ3) is 10.6. The Morgan fingerprint density at radius 2 is 1.41 bits per heavy atom. The summed E-state index contributed by atoms with van der Waals surface area (Å²) in [5.41, 5.74) is 12.6. The molecule has 2 aliphatic carbocycles. The van der Waals surface area contributed by atoms with Crippen molar-refractivity contribution in [1.82, 2.24) is 41.3 Å². The van der Waals surface area contributed by atoms with Crippen LogP contribution in [0.3, 0.4) is 0 Å². The third-order valence-electron chi connectivity index (χ3n) is 12.6. The van der Waals surface area contributed by atoms with Crippen molar-refractivity contribution in [3.05, 3.63) is 170 Å². The topological polar surface area (TPSA) is 181 Å². The van der Waals surface area contributed by atoms with Gasteiger partial charge >= 0.3 is 6.03 Å². The zero-order valence-corrected chi connectivity index (χ0v) is 39.7. The number of benzene rings is 4. The lowest BCUT2D eigenvalue weighted by Gasteiger charge is -2.23. The second kappa shape index (κ2) is 21.1. The van der Waals surface area contributed by atoms with E-state index >= 15 is 0 Å². The van der Waals surface area contributed by atoms with Gasteiger partial charge < -0.3 is 31.3 Å². The fourth-order valence-corrected chi connectivity index (χ4v) is 9.19. The maximum atomic E-state index is 13.5. The number of halogens is 1. The number of aliphatic imine (C=N–C) groups is 1. The molecule has 3 aliphatic rings. The van der Waals surface area contributed by atoms with E-state index in [-0.39, 0.29) is 69.2 Å². The van der Waals surface area contributed by atoms with Gasteiger partial charge in [-0.15, -0.1) is 10.2 Å². The zero-order chi connectivity index (χ0) is 47.9. The van der Waals surface area contributed by atoms with E-state index in [1.807, 2.05) is 41.8 Å². The molecule has 0 spiro atoms. The standard InChI is InChI=1S/C53H56ClN9O5/c1-6-34-10-19-41-43(25-34)42(35-11-7-31(2)8-12-35)26-37(40-18-9-32(3)50(40)41)27-47(64)55-23-24-58-53(67)59-30-49(66)57-22-21-56-48(65)29-45-52-62-61-33(4)63(52)46-20-17-39(68-5)28-44(46)51(60-45)36-13-15-38(54)16-14-36/h7-20,25-26,28,37,45,50H,6,21-24,27,29-30H2,1-5H3,(H,55,64)(H,56,65)(H,57,66)(H2,58,59,67)/t37-,45-,50?/m0/s1. The Hall–Kier alpha value is -7.32. The first kappa shape index (κ1) is 47.2. The average Bonchev–Trinajstić information content (AvgIpc) is 3.84. The van der Waals surface area contributed by atoms with Crippen molar-refractivity contribution in [3.8, 4) is 11.4 Å². The molecule has 0 bridgehead atoms. The molecule has 0 fully saturated rings. The molecule has 68 heavy (non-hydrogen) atoms. The molecule has 0 radical (unpaired) electrons. The molecule has 2 heterocycles. The molecule has 0 saturated carbocycles. The van der Waals surface area contributed by atoms with Gasteiger partial charge in [0.25, 0.3) is 0 Å². The van der Waals surface area contributed by atoms with Crippen molar-refractivity contribution >= 4 is 46.6 Å². The number of ether oxygens (including phenoxy) is 1. The van der Waals surface area contributed by atoms with E-state index in [9.17, 15) is 19.2 Å². The molecule has 5 amide bonds. The highest BCUT2D eigenvalue weighted by atomic mass is 35.5. The number of nitrogens with zero attached hydrogens (tertiary/aromatic N) is 4. The monoisotopic (exact) mass is 933 g/mol. The lowest BCUT2D eigenvalue weighted by atomic mass is 9.81. The SMILES string of the molecule is CCc1ccc2c(c1)C(c1ccc(C)cc1)=C[C@@H](CC(=O)NCCNC(=O)NCC(=O)NCCNC(=O)C[C@@H]1N=C(c3ccc(Cl)cc3)c3cc(OC)ccc3-n3c(C)nnc31)C1=CC=C(C)C12. The third-order valence-corrected chi connectivity index (χ3v) is 12.8. The van der Waals surface area contributed by atoms with Crippen molar-refractivity contribution in [1.29, 1.82) is 0 Å². The Bertz CT molecular complexity index is 2860. The smallest absolute Gasteiger partial charge is 0.315 e. The van der Waals surface area contributed by atoms with Gasteiger partial charge in [-0.1, -0.05) is 108 Å². The molecule has 1 unspecified atom stereocenters. The molecule has 8 rings (SSSR count). The molecule has 1 aliphatic heterocycles. The van der Waals surface area contributed by atoms with Crippen LogP contribution in [-0.4, -0.2) is 84.1 Å². The first-order valence-electron chi connectivity index (χ1n) is 23.0. The molecule has 15 heteroatoms. The van der Waals surface area contributed by atoms with Crippen molar-refractivity contribution < 1.29 is 23.9 Å². The number of aryl methyl sites for hydroxylation is 3. The van der Waals surface area contributed by atoms with Crippen molar-refractivity contribution in [2.75, 3.05) is 39.8 Å². The second-order valence-electron chi connectivity index (χ2n) is 17.2. The van der Waals surface area contributed by atoms with Gasteiger partial charge in [0.15, 0.2) is 5.82 Å². The molecular weight excluding hydrogens is 878 g/mol. The van der Waals surface area contributed by atoms with Gasteiger partial charge in [0.05, 0.1) is 31.5 Å². The molecule has 5 N–H and O–H groups in total. The lowest BCUT2D eigenvalue weighted by Crippen LogP contribution is -2.45. The van der Waals surface area contributed by atoms with Crippen molar-refractivity contribution in [2.24, 2.45) is 10.9 Å². The number of carbonyl (C=O) groups is 4. The van der Waals surface area contributed by atoms with E-state index in [0.29, 0.717) is 28.1 Å². The number of allylic oxidation sites excluding steroid dienone is 5. The minimum atomic E-state index is -0.686. The summed E-state index contributed by atoms with van der Waals surface area (Å²) in [6, 6.07) is 27.1. The summed E-state index contributed by atoms with van der Waals surface area (Å²) in [6.07, 6.45) is 7.74. The fraction of sp³-hybridized carbons (Fsp3) is 0.302. The number of rotatable bonds is 16. The molecule has 350 valence electrons. The summed E-state index contributed by atoms with van der Waals surface area (Å²) in [6.45, 7) is 8.62. The fourth-order valence-electron chi connectivity index (χ4n) is 9.07. The summed E-state index contributed by atoms with van der Waals surface area (Å²) in [4.78, 5) is 57.1. The van der Waals surface area contributed by atoms with Crippen LogP contribution in [0.4, 0.5) is 4.79 Å². The Kier molecular flexibility index (Phi) is 14.6. The van der Waals surface area contributed by atoms with Crippen LogP contribution < -0.4 is 31.3 Å². The number of hydrogen-bond acceptors (Lipinski definition) is 8. The van der Waals surface area contributed by atoms with Crippen LogP contribution in [0.5, 0.6) is 5.75 Å². The number of nitrogens with one attached hydrogen (secondary N) is 5. The largest absolute Gasteiger partial charge is 0.497 e. The summed E-state index contributed by atoms with van der Waals surface area (Å²) >= 11 is 6.22. The number of amides is 5. The van der Waals surface area contributed by atoms with Gasteiger partial charge in [-0.05, 0) is 85.4 Å². The molecule has 14 nitrogen and oxygen atoms in total. The molecule has 5 aromatic rings. The van der Waals surface area contributed by atoms with Crippen LogP contribution in [0.25, 0.3) is 11.3 Å². The number of urea groups is 1. The van der Waals surface area contributed by atoms with Crippen LogP contribution in [0.2, 0.25) is 5.02 Å². The second-order valence-corrected chi connectivity index (χ2v) is 17.7. The van der Waals surface area contributed by atoms with Crippen LogP contribution in [0, 0.1) is 19.8 Å². The number of carbonyl (C=O) groups excluding carboxylic acids is 4. The Morgan fingerprint density at radius 3 is 2.13 bits per heavy atom. The first-order chi connectivity index (χ1) is 32.9. The normalized spacial score (nSPS) is 16.7. The number of fused-ring (bicyclic) bond motifs is 6. The number of hydrogen-bond donors (Lipinski definition) is 5. The van der Waals surface area contributed by atoms with Crippen LogP contribution in [0.15, 0.2) is 119 Å². The highest BCUT2D eigenvalue weighted by molar-refractivity contribution is 6.30. The Morgan fingerprint density at radius 1 is 0.721 bits per heavy atom. The van der Waals surface area contributed by atoms with Crippen LogP contribution in [0.1, 0.15) is 89.2 Å². The van der Waals surface area contributed by atoms with Gasteiger partial charge in [-0.3, -0.25) is 23.9 Å². The van der Waals surface area contributed by atoms with E-state index in [2.05, 4.69) is 118 Å². The lowest BCUT2D eigenvalue weighted by molar-refractivity contribution is -0.122. The van der Waals surface area contributed by atoms with Crippen LogP contribution >= 0.6 is 11.6 Å². The maximum Gasteiger partial charge on any atom is 0.315 e. The molecule has 4 aromatic carbocycles. The van der Waals surface area contributed by atoms with Crippen molar-refractivity contribution in [3.63, 3.8) is 0 Å². The maximum absolute atomic E-state index is 13.5. The van der Waals surface area contributed by atoms with Crippen LogP contribution in [-0.2, 0) is 20.8 Å². The average molecular weight is 935 g/mol. The molecular formula is C53H56ClN9O5. The Balaban J connectivity index is 0.791. The number of methoxy groups -OCH3 is 1. The summed E-state index contributed by atoms with van der Waals surface area (Å²) in [7, 11) is 1.60.